The van der Waals surface area contributed by atoms with E-state index in [1.165, 1.54) is 6.92 Å². The van der Waals surface area contributed by atoms with Gasteiger partial charge in [0.05, 0.1) is 6.04 Å². The van der Waals surface area contributed by atoms with Crippen LogP contribution in [0.5, 0.6) is 0 Å². The topological polar surface area (TPSA) is 63.2 Å². The van der Waals surface area contributed by atoms with Gasteiger partial charge in [0.15, 0.2) is 9.84 Å². The van der Waals surface area contributed by atoms with Crippen LogP contribution in [0.4, 0.5) is 0 Å². The van der Waals surface area contributed by atoms with Gasteiger partial charge in [0.2, 0.25) is 5.91 Å². The highest BCUT2D eigenvalue weighted by atomic mass is 79.9. The highest BCUT2D eigenvalue weighted by Gasteiger charge is 2.24. The molecule has 2 atom stereocenters. The average molecular weight is 334 g/mol. The molecule has 0 aliphatic heterocycles. The molecule has 1 rings (SSSR count). The summed E-state index contributed by atoms with van der Waals surface area (Å²) in [6, 6.07) is 7.27. The van der Waals surface area contributed by atoms with E-state index in [0.717, 1.165) is 16.3 Å². The predicted octanol–water partition coefficient (Wildman–Crippen LogP) is 2.06. The van der Waals surface area contributed by atoms with Crippen LogP contribution in [0.2, 0.25) is 0 Å². The van der Waals surface area contributed by atoms with E-state index < -0.39 is 21.0 Å². The monoisotopic (exact) mass is 333 g/mol. The van der Waals surface area contributed by atoms with Gasteiger partial charge in [-0.15, -0.1) is 0 Å². The van der Waals surface area contributed by atoms with E-state index in [1.54, 1.807) is 0 Å². The average Bonchev–Trinajstić information content (AvgIpc) is 2.27. The minimum atomic E-state index is -3.36. The van der Waals surface area contributed by atoms with Crippen molar-refractivity contribution in [3.8, 4) is 0 Å². The summed E-state index contributed by atoms with van der Waals surface area (Å²) in [5.41, 5.74) is 0.923. The van der Waals surface area contributed by atoms with Crippen LogP contribution >= 0.6 is 15.9 Å². The first-order chi connectivity index (χ1) is 8.21. The molecule has 0 spiro atoms. The third-order valence-corrected chi connectivity index (χ3v) is 4.77. The number of carbonyl (C=O) groups is 1. The fraction of sp³-hybridized carbons (Fsp3) is 0.417. The Labute approximate surface area is 116 Å². The van der Waals surface area contributed by atoms with Gasteiger partial charge in [-0.25, -0.2) is 8.42 Å². The number of benzene rings is 1. The van der Waals surface area contributed by atoms with Crippen molar-refractivity contribution in [1.29, 1.82) is 0 Å². The molecule has 18 heavy (non-hydrogen) atoms. The van der Waals surface area contributed by atoms with Crippen molar-refractivity contribution in [2.75, 3.05) is 6.26 Å². The second-order valence-electron chi connectivity index (χ2n) is 4.25. The molecule has 6 heteroatoms. The van der Waals surface area contributed by atoms with Crippen LogP contribution in [0.1, 0.15) is 25.5 Å². The Kier molecular flexibility index (Phi) is 4.92. The first kappa shape index (κ1) is 15.2. The highest BCUT2D eigenvalue weighted by Crippen LogP contribution is 2.16. The Hall–Kier alpha value is -0.880. The maximum absolute atomic E-state index is 11.7. The SMILES string of the molecule is CC(NC(=O)C(C)S(C)(=O)=O)c1ccc(Br)cc1. The van der Waals surface area contributed by atoms with Crippen molar-refractivity contribution < 1.29 is 13.2 Å². The summed E-state index contributed by atoms with van der Waals surface area (Å²) in [6.45, 7) is 3.20. The Morgan fingerprint density at radius 1 is 1.22 bits per heavy atom. The fourth-order valence-electron chi connectivity index (χ4n) is 1.36. The fourth-order valence-corrected chi connectivity index (χ4v) is 2.08. The zero-order valence-corrected chi connectivity index (χ0v) is 12.9. The zero-order valence-electron chi connectivity index (χ0n) is 10.5. The summed E-state index contributed by atoms with van der Waals surface area (Å²) in [6.07, 6.45) is 1.06. The number of sulfone groups is 1. The Bertz CT molecular complexity index is 525. The molecule has 2 unspecified atom stereocenters. The molecule has 100 valence electrons. The van der Waals surface area contributed by atoms with Crippen molar-refractivity contribution in [3.63, 3.8) is 0 Å². The highest BCUT2D eigenvalue weighted by molar-refractivity contribution is 9.10. The number of rotatable bonds is 4. The van der Waals surface area contributed by atoms with E-state index in [0.29, 0.717) is 0 Å². The van der Waals surface area contributed by atoms with Crippen LogP contribution in [0.3, 0.4) is 0 Å². The molecule has 0 saturated carbocycles. The molecule has 0 saturated heterocycles. The van der Waals surface area contributed by atoms with Gasteiger partial charge in [-0.2, -0.15) is 0 Å². The van der Waals surface area contributed by atoms with Crippen molar-refractivity contribution >= 4 is 31.7 Å². The van der Waals surface area contributed by atoms with Gasteiger partial charge in [-0.05, 0) is 31.5 Å². The van der Waals surface area contributed by atoms with Crippen LogP contribution in [-0.4, -0.2) is 25.8 Å². The van der Waals surface area contributed by atoms with Gasteiger partial charge in [0.25, 0.3) is 0 Å². The molecule has 0 fully saturated rings. The lowest BCUT2D eigenvalue weighted by molar-refractivity contribution is -0.121. The summed E-state index contributed by atoms with van der Waals surface area (Å²) in [5.74, 6) is -0.479. The molecule has 0 aliphatic carbocycles. The van der Waals surface area contributed by atoms with Crippen molar-refractivity contribution in [3.05, 3.63) is 34.3 Å². The number of amides is 1. The van der Waals surface area contributed by atoms with Gasteiger partial charge in [0, 0.05) is 10.7 Å². The van der Waals surface area contributed by atoms with Gasteiger partial charge < -0.3 is 5.32 Å². The normalized spacial score (nSPS) is 14.9. The lowest BCUT2D eigenvalue weighted by Gasteiger charge is -2.17. The zero-order chi connectivity index (χ0) is 13.9. The smallest absolute Gasteiger partial charge is 0.238 e. The molecule has 1 aromatic carbocycles. The predicted molar refractivity (Wildman–Crippen MR) is 75.0 cm³/mol. The Morgan fingerprint density at radius 3 is 2.17 bits per heavy atom. The third-order valence-electron chi connectivity index (χ3n) is 2.74. The number of hydrogen-bond acceptors (Lipinski definition) is 3. The number of halogens is 1. The van der Waals surface area contributed by atoms with Crippen LogP contribution in [0.25, 0.3) is 0 Å². The Balaban J connectivity index is 2.74. The molecule has 1 aromatic rings. The van der Waals surface area contributed by atoms with E-state index in [9.17, 15) is 13.2 Å². The summed E-state index contributed by atoms with van der Waals surface area (Å²) in [7, 11) is -3.36. The maximum atomic E-state index is 11.7. The minimum absolute atomic E-state index is 0.227. The lowest BCUT2D eigenvalue weighted by Crippen LogP contribution is -2.38. The van der Waals surface area contributed by atoms with Gasteiger partial charge in [0.1, 0.15) is 5.25 Å². The van der Waals surface area contributed by atoms with Gasteiger partial charge in [-0.1, -0.05) is 28.1 Å². The van der Waals surface area contributed by atoms with Crippen LogP contribution in [-0.2, 0) is 14.6 Å². The quantitative estimate of drug-likeness (QED) is 0.917. The molecule has 1 amide bonds. The number of nitrogens with one attached hydrogen (secondary N) is 1. The first-order valence-electron chi connectivity index (χ1n) is 5.46. The van der Waals surface area contributed by atoms with E-state index >= 15 is 0 Å². The van der Waals surface area contributed by atoms with Gasteiger partial charge >= 0.3 is 0 Å². The van der Waals surface area contributed by atoms with E-state index in [4.69, 9.17) is 0 Å². The summed E-state index contributed by atoms with van der Waals surface area (Å²) in [5, 5.41) is 1.66. The molecular formula is C12H16BrNO3S. The van der Waals surface area contributed by atoms with Crippen molar-refractivity contribution in [2.24, 2.45) is 0 Å². The lowest BCUT2D eigenvalue weighted by atomic mass is 10.1. The second kappa shape index (κ2) is 5.84. The number of carbonyl (C=O) groups excluding carboxylic acids is 1. The standard InChI is InChI=1S/C12H16BrNO3S/c1-8(10-4-6-11(13)7-5-10)14-12(15)9(2)18(3,16)17/h4-9H,1-3H3,(H,14,15). The molecule has 0 radical (unpaired) electrons. The van der Waals surface area contributed by atoms with Crippen molar-refractivity contribution in [1.82, 2.24) is 5.32 Å². The molecule has 0 aromatic heterocycles. The first-order valence-corrected chi connectivity index (χ1v) is 8.21. The van der Waals surface area contributed by atoms with Crippen molar-refractivity contribution in [2.45, 2.75) is 25.1 Å². The van der Waals surface area contributed by atoms with Crippen LogP contribution in [0.15, 0.2) is 28.7 Å². The van der Waals surface area contributed by atoms with E-state index in [2.05, 4.69) is 21.2 Å². The molecule has 0 bridgehead atoms. The molecule has 4 nitrogen and oxygen atoms in total. The third kappa shape index (κ3) is 4.10. The minimum Gasteiger partial charge on any atom is -0.348 e. The van der Waals surface area contributed by atoms with Crippen LogP contribution < -0.4 is 5.32 Å². The molecule has 0 aliphatic rings. The summed E-state index contributed by atoms with van der Waals surface area (Å²) in [4.78, 5) is 11.7. The number of hydrogen-bond donors (Lipinski definition) is 1. The molecular weight excluding hydrogens is 318 g/mol. The molecule has 1 N–H and O–H groups in total. The van der Waals surface area contributed by atoms with Gasteiger partial charge in [-0.3, -0.25) is 4.79 Å². The largest absolute Gasteiger partial charge is 0.348 e. The van der Waals surface area contributed by atoms with E-state index in [1.807, 2.05) is 31.2 Å². The van der Waals surface area contributed by atoms with Crippen LogP contribution in [0, 0.1) is 0 Å². The maximum Gasteiger partial charge on any atom is 0.238 e. The Morgan fingerprint density at radius 2 is 1.72 bits per heavy atom. The van der Waals surface area contributed by atoms with E-state index in [-0.39, 0.29) is 6.04 Å². The summed E-state index contributed by atoms with van der Waals surface area (Å²) < 4.78 is 23.5. The summed E-state index contributed by atoms with van der Waals surface area (Å²) >= 11 is 3.33. The molecule has 0 heterocycles. The second-order valence-corrected chi connectivity index (χ2v) is 7.54.